The molecule has 6 heteroatoms. The third-order valence-electron chi connectivity index (χ3n) is 3.23. The van der Waals surface area contributed by atoms with Crippen molar-refractivity contribution in [2.24, 2.45) is 4.99 Å². The molecule has 0 atom stereocenters. The molecule has 126 valence electrons. The van der Waals surface area contributed by atoms with Crippen molar-refractivity contribution in [1.82, 2.24) is 10.6 Å². The second-order valence-electron chi connectivity index (χ2n) is 4.85. The summed E-state index contributed by atoms with van der Waals surface area (Å²) < 4.78 is 5.19. The van der Waals surface area contributed by atoms with Crippen LogP contribution in [-0.4, -0.2) is 26.7 Å². The van der Waals surface area contributed by atoms with Crippen molar-refractivity contribution in [3.63, 3.8) is 0 Å². The Morgan fingerprint density at radius 1 is 1.13 bits per heavy atom. The van der Waals surface area contributed by atoms with E-state index in [9.17, 15) is 0 Å². The number of thiophene rings is 1. The molecule has 4 nitrogen and oxygen atoms in total. The lowest BCUT2D eigenvalue weighted by molar-refractivity contribution is 0.415. The first-order chi connectivity index (χ1) is 10.8. The maximum absolute atomic E-state index is 5.19. The first-order valence-corrected chi connectivity index (χ1v) is 8.26. The Hall–Kier alpha value is -1.28. The molecule has 1 aromatic carbocycles. The Bertz CT molecular complexity index is 611. The number of ether oxygens (including phenoxy) is 1. The molecule has 0 aliphatic heterocycles. The van der Waals surface area contributed by atoms with Gasteiger partial charge < -0.3 is 15.4 Å². The highest BCUT2D eigenvalue weighted by molar-refractivity contribution is 14.0. The second kappa shape index (κ2) is 10.5. The quantitative estimate of drug-likeness (QED) is 0.400. The van der Waals surface area contributed by atoms with E-state index >= 15 is 0 Å². The van der Waals surface area contributed by atoms with Crippen LogP contribution in [0.1, 0.15) is 18.2 Å². The Morgan fingerprint density at radius 3 is 2.48 bits per heavy atom. The van der Waals surface area contributed by atoms with Gasteiger partial charge in [0.2, 0.25) is 0 Å². The van der Waals surface area contributed by atoms with Crippen LogP contribution in [-0.2, 0) is 6.54 Å². The summed E-state index contributed by atoms with van der Waals surface area (Å²) in [4.78, 5) is 6.75. The Labute approximate surface area is 159 Å². The highest BCUT2D eigenvalue weighted by Crippen LogP contribution is 2.29. The van der Waals surface area contributed by atoms with Crippen molar-refractivity contribution in [2.45, 2.75) is 19.9 Å². The summed E-state index contributed by atoms with van der Waals surface area (Å²) in [5.41, 5.74) is 1.21. The molecular formula is C17H24IN3OS. The normalized spacial score (nSPS) is 10.8. The van der Waals surface area contributed by atoms with Crippen molar-refractivity contribution in [3.05, 3.63) is 41.3 Å². The van der Waals surface area contributed by atoms with Gasteiger partial charge in [-0.1, -0.05) is 6.92 Å². The highest BCUT2D eigenvalue weighted by Gasteiger charge is 2.04. The topological polar surface area (TPSA) is 45.7 Å². The van der Waals surface area contributed by atoms with E-state index in [1.807, 2.05) is 12.1 Å². The van der Waals surface area contributed by atoms with Gasteiger partial charge in [-0.15, -0.1) is 35.3 Å². The molecule has 2 rings (SSSR count). The van der Waals surface area contributed by atoms with Crippen LogP contribution in [0.5, 0.6) is 5.75 Å². The molecule has 2 aromatic rings. The van der Waals surface area contributed by atoms with Crippen LogP contribution in [0.3, 0.4) is 0 Å². The van der Waals surface area contributed by atoms with Crippen LogP contribution >= 0.6 is 35.3 Å². The summed E-state index contributed by atoms with van der Waals surface area (Å²) >= 11 is 1.79. The van der Waals surface area contributed by atoms with E-state index < -0.39 is 0 Å². The highest BCUT2D eigenvalue weighted by atomic mass is 127. The molecule has 0 amide bonds. The van der Waals surface area contributed by atoms with Gasteiger partial charge in [-0.05, 0) is 48.4 Å². The van der Waals surface area contributed by atoms with Gasteiger partial charge in [-0.25, -0.2) is 0 Å². The van der Waals surface area contributed by atoms with Gasteiger partial charge in [-0.3, -0.25) is 4.99 Å². The molecule has 0 radical (unpaired) electrons. The molecule has 0 aliphatic carbocycles. The predicted octanol–water partition coefficient (Wildman–Crippen LogP) is 4.12. The molecule has 1 aromatic heterocycles. The van der Waals surface area contributed by atoms with Gasteiger partial charge in [0.05, 0.1) is 13.7 Å². The lowest BCUT2D eigenvalue weighted by atomic mass is 10.2. The van der Waals surface area contributed by atoms with Gasteiger partial charge in [0, 0.05) is 23.3 Å². The average molecular weight is 445 g/mol. The van der Waals surface area contributed by atoms with E-state index in [2.05, 4.69) is 46.8 Å². The van der Waals surface area contributed by atoms with Gasteiger partial charge in [-0.2, -0.15) is 0 Å². The summed E-state index contributed by atoms with van der Waals surface area (Å²) in [6.07, 6.45) is 1.08. The lowest BCUT2D eigenvalue weighted by Gasteiger charge is -2.09. The number of hydrogen-bond acceptors (Lipinski definition) is 3. The largest absolute Gasteiger partial charge is 0.497 e. The van der Waals surface area contributed by atoms with Crippen molar-refractivity contribution in [3.8, 4) is 16.2 Å². The summed E-state index contributed by atoms with van der Waals surface area (Å²) in [7, 11) is 3.48. The van der Waals surface area contributed by atoms with Crippen molar-refractivity contribution < 1.29 is 4.74 Å². The number of aliphatic imine (C=N–C) groups is 1. The summed E-state index contributed by atoms with van der Waals surface area (Å²) in [6.45, 7) is 3.85. The van der Waals surface area contributed by atoms with E-state index in [1.165, 1.54) is 15.3 Å². The molecule has 23 heavy (non-hydrogen) atoms. The monoisotopic (exact) mass is 445 g/mol. The third-order valence-corrected chi connectivity index (χ3v) is 4.37. The van der Waals surface area contributed by atoms with E-state index in [-0.39, 0.29) is 24.0 Å². The van der Waals surface area contributed by atoms with Crippen molar-refractivity contribution >= 4 is 41.3 Å². The van der Waals surface area contributed by atoms with Gasteiger partial charge >= 0.3 is 0 Å². The molecule has 0 fully saturated rings. The maximum Gasteiger partial charge on any atom is 0.191 e. The van der Waals surface area contributed by atoms with E-state index in [1.54, 1.807) is 25.5 Å². The number of halogens is 1. The molecule has 0 aliphatic rings. The zero-order chi connectivity index (χ0) is 15.8. The number of methoxy groups -OCH3 is 1. The summed E-state index contributed by atoms with van der Waals surface area (Å²) in [6, 6.07) is 12.5. The van der Waals surface area contributed by atoms with Gasteiger partial charge in [0.1, 0.15) is 5.75 Å². The second-order valence-corrected chi connectivity index (χ2v) is 6.02. The zero-order valence-corrected chi connectivity index (χ0v) is 16.9. The summed E-state index contributed by atoms with van der Waals surface area (Å²) in [5, 5.41) is 6.60. The number of benzene rings is 1. The van der Waals surface area contributed by atoms with E-state index in [0.717, 1.165) is 31.2 Å². The minimum absolute atomic E-state index is 0. The van der Waals surface area contributed by atoms with Gasteiger partial charge in [0.25, 0.3) is 0 Å². The minimum Gasteiger partial charge on any atom is -0.497 e. The Kier molecular flexibility index (Phi) is 9.01. The standard InChI is InChI=1S/C17H23N3OS.HI/c1-4-11-19-17(18-2)20-12-15-9-10-16(22-15)13-5-7-14(21-3)8-6-13;/h5-10H,4,11-12H2,1-3H3,(H2,18,19,20);1H. The predicted molar refractivity (Wildman–Crippen MR) is 110 cm³/mol. The number of nitrogens with zero attached hydrogens (tertiary/aromatic N) is 1. The SMILES string of the molecule is CCCNC(=NC)NCc1ccc(-c2ccc(OC)cc2)s1.I. The molecule has 0 spiro atoms. The molecule has 0 saturated carbocycles. The Balaban J connectivity index is 0.00000264. The molecule has 0 saturated heterocycles. The fourth-order valence-corrected chi connectivity index (χ4v) is 2.97. The molecule has 1 heterocycles. The van der Waals surface area contributed by atoms with Crippen LogP contribution in [0.15, 0.2) is 41.4 Å². The maximum atomic E-state index is 5.19. The number of nitrogens with one attached hydrogen (secondary N) is 2. The van der Waals surface area contributed by atoms with Crippen LogP contribution in [0.4, 0.5) is 0 Å². The summed E-state index contributed by atoms with van der Waals surface area (Å²) in [5.74, 6) is 1.73. The fraction of sp³-hybridized carbons (Fsp3) is 0.353. The molecule has 2 N–H and O–H groups in total. The van der Waals surface area contributed by atoms with Crippen LogP contribution in [0.25, 0.3) is 10.4 Å². The first kappa shape index (κ1) is 19.8. The number of guanidine groups is 1. The number of rotatable bonds is 6. The van der Waals surface area contributed by atoms with Gasteiger partial charge in [0.15, 0.2) is 5.96 Å². The fourth-order valence-electron chi connectivity index (χ4n) is 2.02. The van der Waals surface area contributed by atoms with E-state index in [0.29, 0.717) is 0 Å². The van der Waals surface area contributed by atoms with Crippen molar-refractivity contribution in [1.29, 1.82) is 0 Å². The van der Waals surface area contributed by atoms with Crippen LogP contribution in [0.2, 0.25) is 0 Å². The third kappa shape index (κ3) is 6.02. The molecular weight excluding hydrogens is 421 g/mol. The lowest BCUT2D eigenvalue weighted by Crippen LogP contribution is -2.36. The van der Waals surface area contributed by atoms with E-state index in [4.69, 9.17) is 4.74 Å². The van der Waals surface area contributed by atoms with Crippen molar-refractivity contribution in [2.75, 3.05) is 20.7 Å². The first-order valence-electron chi connectivity index (χ1n) is 7.44. The average Bonchev–Trinajstić information content (AvgIpc) is 3.04. The number of hydrogen-bond donors (Lipinski definition) is 2. The van der Waals surface area contributed by atoms with Crippen LogP contribution in [0, 0.1) is 0 Å². The zero-order valence-electron chi connectivity index (χ0n) is 13.8. The molecule has 0 bridgehead atoms. The van der Waals surface area contributed by atoms with Crippen LogP contribution < -0.4 is 15.4 Å². The Morgan fingerprint density at radius 2 is 1.87 bits per heavy atom. The smallest absolute Gasteiger partial charge is 0.191 e. The molecule has 0 unspecified atom stereocenters. The minimum atomic E-state index is 0.